The molecule has 2 heterocycles. The van der Waals surface area contributed by atoms with Gasteiger partial charge in [0.05, 0.1) is 0 Å². The molecule has 3 rings (SSSR count). The number of fused-ring (bicyclic) bond motifs is 1. The minimum absolute atomic E-state index is 0.336. The highest BCUT2D eigenvalue weighted by atomic mass is 16.1. The third-order valence-corrected chi connectivity index (χ3v) is 4.34. The van der Waals surface area contributed by atoms with E-state index in [0.29, 0.717) is 11.8 Å². The molecule has 0 radical (unpaired) electrons. The van der Waals surface area contributed by atoms with Crippen molar-refractivity contribution in [1.82, 2.24) is 9.47 Å². The lowest BCUT2D eigenvalue weighted by molar-refractivity contribution is 0.0971. The summed E-state index contributed by atoms with van der Waals surface area (Å²) in [5.41, 5.74) is 2.26. The van der Waals surface area contributed by atoms with Gasteiger partial charge in [0.1, 0.15) is 0 Å². The number of carbonyl (C=O) groups excluding carboxylic acids is 1. The molecule has 0 aromatic carbocycles. The highest BCUT2D eigenvalue weighted by Crippen LogP contribution is 2.26. The SMILES string of the molecule is CC(CN1CCCC1)n1ccc2c1CCCC2=O. The molecule has 0 amide bonds. The van der Waals surface area contributed by atoms with Crippen LogP contribution in [0.25, 0.3) is 0 Å². The van der Waals surface area contributed by atoms with Crippen molar-refractivity contribution in [2.75, 3.05) is 19.6 Å². The maximum Gasteiger partial charge on any atom is 0.164 e. The van der Waals surface area contributed by atoms with Gasteiger partial charge < -0.3 is 9.47 Å². The minimum atomic E-state index is 0.336. The van der Waals surface area contributed by atoms with E-state index in [9.17, 15) is 4.79 Å². The molecule has 0 saturated carbocycles. The lowest BCUT2D eigenvalue weighted by atomic mass is 9.96. The predicted molar refractivity (Wildman–Crippen MR) is 72.1 cm³/mol. The monoisotopic (exact) mass is 246 g/mol. The zero-order valence-electron chi connectivity index (χ0n) is 11.2. The number of Topliss-reactive ketones (excluding diaryl/α,β-unsaturated/α-hetero) is 1. The lowest BCUT2D eigenvalue weighted by Gasteiger charge is -2.24. The topological polar surface area (TPSA) is 25.2 Å². The Morgan fingerprint density at radius 3 is 2.78 bits per heavy atom. The Hall–Kier alpha value is -1.09. The maximum atomic E-state index is 11.8. The zero-order chi connectivity index (χ0) is 12.5. The first-order valence-corrected chi connectivity index (χ1v) is 7.21. The number of hydrogen-bond donors (Lipinski definition) is 0. The van der Waals surface area contributed by atoms with E-state index in [1.807, 2.05) is 6.07 Å². The van der Waals surface area contributed by atoms with E-state index >= 15 is 0 Å². The van der Waals surface area contributed by atoms with Crippen LogP contribution >= 0.6 is 0 Å². The maximum absolute atomic E-state index is 11.8. The normalized spacial score (nSPS) is 22.2. The van der Waals surface area contributed by atoms with Gasteiger partial charge in [0.25, 0.3) is 0 Å². The highest BCUT2D eigenvalue weighted by molar-refractivity contribution is 5.98. The van der Waals surface area contributed by atoms with Gasteiger partial charge in [0, 0.05) is 36.5 Å². The summed E-state index contributed by atoms with van der Waals surface area (Å²) in [4.78, 5) is 14.4. The van der Waals surface area contributed by atoms with Crippen molar-refractivity contribution in [3.05, 3.63) is 23.5 Å². The van der Waals surface area contributed by atoms with E-state index in [-0.39, 0.29) is 0 Å². The Kier molecular flexibility index (Phi) is 3.25. The first kappa shape index (κ1) is 12.0. The quantitative estimate of drug-likeness (QED) is 0.819. The molecule has 0 spiro atoms. The van der Waals surface area contributed by atoms with Gasteiger partial charge in [-0.2, -0.15) is 0 Å². The molecule has 1 saturated heterocycles. The molecule has 1 aliphatic heterocycles. The molecular formula is C15H22N2O. The van der Waals surface area contributed by atoms with Gasteiger partial charge >= 0.3 is 0 Å². The molecule has 1 aromatic heterocycles. The standard InChI is InChI=1S/C15H22N2O/c1-12(11-16-8-2-3-9-16)17-10-7-13-14(17)5-4-6-15(13)18/h7,10,12H,2-6,8-9,11H2,1H3. The third kappa shape index (κ3) is 2.12. The molecule has 0 N–H and O–H groups in total. The summed E-state index contributed by atoms with van der Waals surface area (Å²) in [6, 6.07) is 2.51. The molecule has 1 atom stereocenters. The van der Waals surface area contributed by atoms with Crippen LogP contribution in [0.1, 0.15) is 54.7 Å². The summed E-state index contributed by atoms with van der Waals surface area (Å²) in [5, 5.41) is 0. The zero-order valence-corrected chi connectivity index (χ0v) is 11.2. The Bertz CT molecular complexity index is 443. The van der Waals surface area contributed by atoms with Crippen molar-refractivity contribution in [1.29, 1.82) is 0 Å². The molecule has 0 bridgehead atoms. The molecule has 18 heavy (non-hydrogen) atoms. The third-order valence-electron chi connectivity index (χ3n) is 4.34. The number of carbonyl (C=O) groups is 1. The van der Waals surface area contributed by atoms with Crippen LogP contribution in [0.15, 0.2) is 12.3 Å². The second-order valence-corrected chi connectivity index (χ2v) is 5.72. The smallest absolute Gasteiger partial charge is 0.164 e. The minimum Gasteiger partial charge on any atom is -0.347 e. The molecule has 1 fully saturated rings. The lowest BCUT2D eigenvalue weighted by Crippen LogP contribution is -2.28. The van der Waals surface area contributed by atoms with Gasteiger partial charge in [-0.05, 0) is 51.8 Å². The average Bonchev–Trinajstić information content (AvgIpc) is 2.98. The van der Waals surface area contributed by atoms with Gasteiger partial charge in [-0.25, -0.2) is 0 Å². The molecule has 1 unspecified atom stereocenters. The first-order chi connectivity index (χ1) is 8.75. The summed E-state index contributed by atoms with van der Waals surface area (Å²) in [6.45, 7) is 5.88. The van der Waals surface area contributed by atoms with Crippen molar-refractivity contribution in [2.45, 2.75) is 45.1 Å². The van der Waals surface area contributed by atoms with E-state index in [1.54, 1.807) is 0 Å². The van der Waals surface area contributed by atoms with Crippen LogP contribution in [0.5, 0.6) is 0 Å². The molecule has 2 aliphatic rings. The van der Waals surface area contributed by atoms with Crippen molar-refractivity contribution in [3.8, 4) is 0 Å². The van der Waals surface area contributed by atoms with Crippen molar-refractivity contribution in [2.24, 2.45) is 0 Å². The predicted octanol–water partition coefficient (Wildman–Crippen LogP) is 2.66. The summed E-state index contributed by atoms with van der Waals surface area (Å²) in [5.74, 6) is 0.336. The Morgan fingerprint density at radius 1 is 1.22 bits per heavy atom. The number of ketones is 1. The largest absolute Gasteiger partial charge is 0.347 e. The molecular weight excluding hydrogens is 224 g/mol. The Labute approximate surface area is 109 Å². The van der Waals surface area contributed by atoms with Crippen molar-refractivity contribution in [3.63, 3.8) is 0 Å². The number of hydrogen-bond acceptors (Lipinski definition) is 2. The summed E-state index contributed by atoms with van der Waals surface area (Å²) in [6.07, 6.45) is 7.63. The molecule has 3 heteroatoms. The van der Waals surface area contributed by atoms with Gasteiger partial charge in [-0.3, -0.25) is 4.79 Å². The van der Waals surface area contributed by atoms with Crippen molar-refractivity contribution >= 4 is 5.78 Å². The van der Waals surface area contributed by atoms with Crippen LogP contribution in [0.2, 0.25) is 0 Å². The second kappa shape index (κ2) is 4.88. The van der Waals surface area contributed by atoms with E-state index in [4.69, 9.17) is 0 Å². The van der Waals surface area contributed by atoms with Gasteiger partial charge in [0.15, 0.2) is 5.78 Å². The second-order valence-electron chi connectivity index (χ2n) is 5.72. The fourth-order valence-electron chi connectivity index (χ4n) is 3.39. The Balaban J connectivity index is 1.77. The van der Waals surface area contributed by atoms with Crippen LogP contribution < -0.4 is 0 Å². The summed E-state index contributed by atoms with van der Waals surface area (Å²) >= 11 is 0. The molecule has 98 valence electrons. The Morgan fingerprint density at radius 2 is 2.00 bits per heavy atom. The van der Waals surface area contributed by atoms with Crippen LogP contribution in [-0.2, 0) is 6.42 Å². The van der Waals surface area contributed by atoms with Crippen LogP contribution in [0, 0.1) is 0 Å². The van der Waals surface area contributed by atoms with Gasteiger partial charge in [-0.1, -0.05) is 0 Å². The molecule has 1 aliphatic carbocycles. The fourth-order valence-corrected chi connectivity index (χ4v) is 3.39. The van der Waals surface area contributed by atoms with Crippen LogP contribution in [0.4, 0.5) is 0 Å². The van der Waals surface area contributed by atoms with E-state index < -0.39 is 0 Å². The van der Waals surface area contributed by atoms with Gasteiger partial charge in [0.2, 0.25) is 0 Å². The first-order valence-electron chi connectivity index (χ1n) is 7.21. The van der Waals surface area contributed by atoms with Crippen molar-refractivity contribution < 1.29 is 4.79 Å². The van der Waals surface area contributed by atoms with Crippen LogP contribution in [-0.4, -0.2) is 34.9 Å². The molecule has 3 nitrogen and oxygen atoms in total. The summed E-state index contributed by atoms with van der Waals surface area (Å²) in [7, 11) is 0. The number of aromatic nitrogens is 1. The number of rotatable bonds is 3. The summed E-state index contributed by atoms with van der Waals surface area (Å²) < 4.78 is 2.34. The number of nitrogens with zero attached hydrogens (tertiary/aromatic N) is 2. The fraction of sp³-hybridized carbons (Fsp3) is 0.667. The van der Waals surface area contributed by atoms with E-state index in [0.717, 1.165) is 31.4 Å². The molecule has 1 aromatic rings. The van der Waals surface area contributed by atoms with Crippen LogP contribution in [0.3, 0.4) is 0 Å². The highest BCUT2D eigenvalue weighted by Gasteiger charge is 2.23. The number of likely N-dealkylation sites (tertiary alicyclic amines) is 1. The van der Waals surface area contributed by atoms with E-state index in [1.165, 1.54) is 31.6 Å². The van der Waals surface area contributed by atoms with E-state index in [2.05, 4.69) is 22.6 Å². The van der Waals surface area contributed by atoms with Gasteiger partial charge in [-0.15, -0.1) is 0 Å². The average molecular weight is 246 g/mol.